The molecule has 1 aliphatic heterocycles. The van der Waals surface area contributed by atoms with Gasteiger partial charge >= 0.3 is 0 Å². The van der Waals surface area contributed by atoms with Crippen LogP contribution in [0.4, 0.5) is 0 Å². The van der Waals surface area contributed by atoms with Crippen LogP contribution in [0.1, 0.15) is 43.3 Å². The first kappa shape index (κ1) is 14.5. The van der Waals surface area contributed by atoms with Crippen molar-refractivity contribution in [3.8, 4) is 10.7 Å². The van der Waals surface area contributed by atoms with Crippen LogP contribution in [-0.4, -0.2) is 24.9 Å². The fraction of sp³-hybridized carbons (Fsp3) is 0.467. The van der Waals surface area contributed by atoms with Crippen LogP contribution in [-0.2, 0) is 19.5 Å². The number of hydrogen-bond donors (Lipinski definition) is 1. The number of rotatable bonds is 5. The van der Waals surface area contributed by atoms with Crippen LogP contribution in [0.25, 0.3) is 10.7 Å². The van der Waals surface area contributed by atoms with Gasteiger partial charge in [-0.05, 0) is 31.2 Å². The highest BCUT2D eigenvalue weighted by Gasteiger charge is 2.19. The lowest BCUT2D eigenvalue weighted by Gasteiger charge is -2.15. The second-order valence-corrected chi connectivity index (χ2v) is 6.63. The average Bonchev–Trinajstić information content (AvgIpc) is 3.31. The lowest BCUT2D eigenvalue weighted by Crippen LogP contribution is -2.22. The molecule has 0 bridgehead atoms. The fourth-order valence-corrected chi connectivity index (χ4v) is 3.40. The predicted molar refractivity (Wildman–Crippen MR) is 85.8 cm³/mol. The molecule has 7 nitrogen and oxygen atoms in total. The summed E-state index contributed by atoms with van der Waals surface area (Å²) in [6.45, 7) is 3.67. The van der Waals surface area contributed by atoms with E-state index in [1.165, 1.54) is 12.8 Å². The van der Waals surface area contributed by atoms with E-state index in [4.69, 9.17) is 4.52 Å². The van der Waals surface area contributed by atoms with Crippen LogP contribution in [0.2, 0.25) is 0 Å². The van der Waals surface area contributed by atoms with Crippen molar-refractivity contribution in [2.45, 2.75) is 45.3 Å². The monoisotopic (exact) mass is 330 g/mol. The van der Waals surface area contributed by atoms with Crippen molar-refractivity contribution in [3.05, 3.63) is 35.1 Å². The number of aromatic nitrogens is 5. The topological polar surface area (TPSA) is 81.7 Å². The zero-order chi connectivity index (χ0) is 15.6. The molecule has 0 spiro atoms. The molecule has 4 rings (SSSR count). The number of fused-ring (bicyclic) bond motifs is 1. The molecular formula is C15H18N6OS. The fourth-order valence-electron chi connectivity index (χ4n) is 2.75. The molecule has 1 N–H and O–H groups in total. The van der Waals surface area contributed by atoms with E-state index < -0.39 is 0 Å². The zero-order valence-electron chi connectivity index (χ0n) is 12.9. The molecule has 1 aliphatic rings. The van der Waals surface area contributed by atoms with E-state index in [0.29, 0.717) is 18.3 Å². The Bertz CT molecular complexity index is 778. The summed E-state index contributed by atoms with van der Waals surface area (Å²) in [5, 5.41) is 18.0. The van der Waals surface area contributed by atoms with Crippen LogP contribution < -0.4 is 5.32 Å². The Hall–Kier alpha value is -2.06. The van der Waals surface area contributed by atoms with Gasteiger partial charge in [0.2, 0.25) is 11.7 Å². The number of nitrogens with zero attached hydrogens (tertiary/aromatic N) is 5. The average molecular weight is 330 g/mol. The third-order valence-corrected chi connectivity index (χ3v) is 4.92. The maximum Gasteiger partial charge on any atom is 0.243 e. The van der Waals surface area contributed by atoms with Gasteiger partial charge in [0.05, 0.1) is 17.5 Å². The van der Waals surface area contributed by atoms with Crippen molar-refractivity contribution in [3.63, 3.8) is 0 Å². The van der Waals surface area contributed by atoms with Gasteiger partial charge in [0.25, 0.3) is 0 Å². The highest BCUT2D eigenvalue weighted by molar-refractivity contribution is 7.13. The van der Waals surface area contributed by atoms with E-state index >= 15 is 0 Å². The zero-order valence-corrected chi connectivity index (χ0v) is 13.7. The van der Waals surface area contributed by atoms with Crippen molar-refractivity contribution in [1.82, 2.24) is 30.2 Å². The SMILES string of the molecule is C[C@@H](NCc1nnc2n1CCCC2)c1nc(-c2cccs2)no1. The first-order valence-corrected chi connectivity index (χ1v) is 8.71. The van der Waals surface area contributed by atoms with Crippen LogP contribution in [0.5, 0.6) is 0 Å². The number of thiophene rings is 1. The normalized spacial score (nSPS) is 15.5. The molecule has 120 valence electrons. The number of aryl methyl sites for hydroxylation is 1. The molecule has 1 atom stereocenters. The van der Waals surface area contributed by atoms with Gasteiger partial charge in [-0.25, -0.2) is 0 Å². The summed E-state index contributed by atoms with van der Waals surface area (Å²) < 4.78 is 7.59. The van der Waals surface area contributed by atoms with Crippen LogP contribution in [0.15, 0.2) is 22.0 Å². The minimum Gasteiger partial charge on any atom is -0.337 e. The highest BCUT2D eigenvalue weighted by atomic mass is 32.1. The Morgan fingerprint density at radius 1 is 1.39 bits per heavy atom. The lowest BCUT2D eigenvalue weighted by molar-refractivity contribution is 0.336. The molecule has 0 aliphatic carbocycles. The summed E-state index contributed by atoms with van der Waals surface area (Å²) in [5.41, 5.74) is 0. The van der Waals surface area contributed by atoms with Crippen molar-refractivity contribution in [2.75, 3.05) is 0 Å². The Morgan fingerprint density at radius 2 is 2.35 bits per heavy atom. The van der Waals surface area contributed by atoms with Crippen molar-refractivity contribution in [1.29, 1.82) is 0 Å². The van der Waals surface area contributed by atoms with Gasteiger partial charge in [0, 0.05) is 13.0 Å². The summed E-state index contributed by atoms with van der Waals surface area (Å²) in [4.78, 5) is 5.48. The minimum atomic E-state index is -0.0345. The molecule has 3 aromatic heterocycles. The largest absolute Gasteiger partial charge is 0.337 e. The maximum absolute atomic E-state index is 5.37. The van der Waals surface area contributed by atoms with Crippen molar-refractivity contribution >= 4 is 11.3 Å². The molecule has 0 radical (unpaired) electrons. The molecule has 4 heterocycles. The summed E-state index contributed by atoms with van der Waals surface area (Å²) in [7, 11) is 0. The Labute approximate surface area is 137 Å². The summed E-state index contributed by atoms with van der Waals surface area (Å²) in [6.07, 6.45) is 3.42. The van der Waals surface area contributed by atoms with Gasteiger partial charge in [-0.2, -0.15) is 4.98 Å². The van der Waals surface area contributed by atoms with E-state index in [1.807, 2.05) is 24.4 Å². The van der Waals surface area contributed by atoms with Crippen molar-refractivity contribution < 1.29 is 4.52 Å². The van der Waals surface area contributed by atoms with Gasteiger partial charge in [-0.15, -0.1) is 21.5 Å². The van der Waals surface area contributed by atoms with Gasteiger partial charge in [-0.1, -0.05) is 11.2 Å². The van der Waals surface area contributed by atoms with Gasteiger partial charge in [0.1, 0.15) is 11.6 Å². The predicted octanol–water partition coefficient (Wildman–Crippen LogP) is 2.58. The molecule has 3 aromatic rings. The van der Waals surface area contributed by atoms with E-state index in [9.17, 15) is 0 Å². The maximum atomic E-state index is 5.37. The van der Waals surface area contributed by atoms with E-state index in [-0.39, 0.29) is 6.04 Å². The number of hydrogen-bond acceptors (Lipinski definition) is 7. The standard InChI is InChI=1S/C15H18N6OS/c1-10(15-17-14(20-22-15)11-5-4-8-23-11)16-9-13-19-18-12-6-2-3-7-21(12)13/h4-5,8,10,16H,2-3,6-7,9H2,1H3/t10-/m1/s1. The van der Waals surface area contributed by atoms with E-state index in [0.717, 1.165) is 29.5 Å². The lowest BCUT2D eigenvalue weighted by atomic mass is 10.2. The first-order valence-electron chi connectivity index (χ1n) is 7.83. The van der Waals surface area contributed by atoms with Gasteiger partial charge < -0.3 is 9.09 Å². The van der Waals surface area contributed by atoms with E-state index in [1.54, 1.807) is 11.3 Å². The minimum absolute atomic E-state index is 0.0345. The molecule has 0 saturated carbocycles. The van der Waals surface area contributed by atoms with Crippen molar-refractivity contribution in [2.24, 2.45) is 0 Å². The summed E-state index contributed by atoms with van der Waals surface area (Å²) in [6, 6.07) is 3.93. The van der Waals surface area contributed by atoms with E-state index in [2.05, 4.69) is 30.2 Å². The molecule has 23 heavy (non-hydrogen) atoms. The molecular weight excluding hydrogens is 312 g/mol. The summed E-state index contributed by atoms with van der Waals surface area (Å²) >= 11 is 1.60. The van der Waals surface area contributed by atoms with Crippen LogP contribution in [0, 0.1) is 0 Å². The quantitative estimate of drug-likeness (QED) is 0.774. The Morgan fingerprint density at radius 3 is 3.22 bits per heavy atom. The molecule has 8 heteroatoms. The second-order valence-electron chi connectivity index (χ2n) is 5.68. The third kappa shape index (κ3) is 2.91. The first-order chi connectivity index (χ1) is 11.3. The van der Waals surface area contributed by atoms with Gasteiger partial charge in [0.15, 0.2) is 0 Å². The second kappa shape index (κ2) is 6.21. The highest BCUT2D eigenvalue weighted by Crippen LogP contribution is 2.23. The third-order valence-electron chi connectivity index (χ3n) is 4.06. The Kier molecular flexibility index (Phi) is 3.92. The van der Waals surface area contributed by atoms with Gasteiger partial charge in [-0.3, -0.25) is 5.32 Å². The summed E-state index contributed by atoms with van der Waals surface area (Å²) in [5.74, 6) is 3.30. The molecule has 0 aromatic carbocycles. The van der Waals surface area contributed by atoms with Crippen LogP contribution in [0.3, 0.4) is 0 Å². The molecule has 0 saturated heterocycles. The molecule has 0 fully saturated rings. The molecule has 0 amide bonds. The smallest absolute Gasteiger partial charge is 0.243 e. The number of nitrogens with one attached hydrogen (secondary N) is 1. The Balaban J connectivity index is 1.42. The molecule has 0 unspecified atom stereocenters. The van der Waals surface area contributed by atoms with Crippen LogP contribution >= 0.6 is 11.3 Å².